The molecule has 0 saturated carbocycles. The number of nitrogens with one attached hydrogen (secondary N) is 1. The lowest BCUT2D eigenvalue weighted by Crippen LogP contribution is -2.43. The van der Waals surface area contributed by atoms with E-state index in [0.717, 1.165) is 15.8 Å². The molecule has 2 aromatic carbocycles. The van der Waals surface area contributed by atoms with Gasteiger partial charge < -0.3 is 15.0 Å². The molecule has 1 fully saturated rings. The summed E-state index contributed by atoms with van der Waals surface area (Å²) in [5.74, 6) is 0.506. The van der Waals surface area contributed by atoms with Crippen molar-refractivity contribution >= 4 is 38.5 Å². The van der Waals surface area contributed by atoms with Crippen molar-refractivity contribution in [3.8, 4) is 5.75 Å². The van der Waals surface area contributed by atoms with E-state index in [0.29, 0.717) is 36.8 Å². The summed E-state index contributed by atoms with van der Waals surface area (Å²) in [5, 5.41) is 3.62. The number of para-hydroxylation sites is 1. The standard InChI is InChI=1S/C23H25N3O3S/c1-15-12-16(2)21-19(13-15)30-23(24-21)25-22(28)17-8-10-26(11-9-17)20(27)14-29-18-6-4-3-5-7-18/h3-7,12-13,17H,8-11,14H2,1-2H3,(H,24,25,28). The van der Waals surface area contributed by atoms with Crippen molar-refractivity contribution in [2.75, 3.05) is 25.0 Å². The van der Waals surface area contributed by atoms with Gasteiger partial charge >= 0.3 is 0 Å². The Bertz CT molecular complexity index is 1060. The first-order chi connectivity index (χ1) is 14.5. The van der Waals surface area contributed by atoms with Gasteiger partial charge in [-0.25, -0.2) is 4.98 Å². The van der Waals surface area contributed by atoms with Gasteiger partial charge in [-0.3, -0.25) is 9.59 Å². The largest absolute Gasteiger partial charge is 0.484 e. The van der Waals surface area contributed by atoms with Gasteiger partial charge in [0.05, 0.1) is 10.2 Å². The lowest BCUT2D eigenvalue weighted by molar-refractivity contribution is -0.136. The zero-order valence-electron chi connectivity index (χ0n) is 17.2. The lowest BCUT2D eigenvalue weighted by Gasteiger charge is -2.31. The third-order valence-corrected chi connectivity index (χ3v) is 6.30. The van der Waals surface area contributed by atoms with Crippen molar-refractivity contribution in [1.29, 1.82) is 0 Å². The Morgan fingerprint density at radius 3 is 2.63 bits per heavy atom. The molecule has 0 radical (unpaired) electrons. The molecule has 2 amide bonds. The molecule has 3 aromatic rings. The summed E-state index contributed by atoms with van der Waals surface area (Å²) in [7, 11) is 0. The second-order valence-corrected chi connectivity index (χ2v) is 8.72. The Balaban J connectivity index is 1.29. The monoisotopic (exact) mass is 423 g/mol. The number of fused-ring (bicyclic) bond motifs is 1. The minimum Gasteiger partial charge on any atom is -0.484 e. The predicted molar refractivity (Wildman–Crippen MR) is 119 cm³/mol. The summed E-state index contributed by atoms with van der Waals surface area (Å²) in [6.45, 7) is 5.24. The summed E-state index contributed by atoms with van der Waals surface area (Å²) in [4.78, 5) is 31.5. The molecular formula is C23H25N3O3S. The van der Waals surface area contributed by atoms with E-state index >= 15 is 0 Å². The number of thiazole rings is 1. The number of piperidine rings is 1. The maximum Gasteiger partial charge on any atom is 0.260 e. The fourth-order valence-corrected chi connectivity index (χ4v) is 4.82. The number of hydrogen-bond acceptors (Lipinski definition) is 5. The van der Waals surface area contributed by atoms with Crippen LogP contribution in [0.1, 0.15) is 24.0 Å². The number of hydrogen-bond donors (Lipinski definition) is 1. The summed E-state index contributed by atoms with van der Waals surface area (Å²) in [6, 6.07) is 13.5. The number of aromatic nitrogens is 1. The van der Waals surface area contributed by atoms with Crippen LogP contribution in [0.15, 0.2) is 42.5 Å². The average molecular weight is 424 g/mol. The molecule has 1 aliphatic heterocycles. The number of benzene rings is 2. The summed E-state index contributed by atoms with van der Waals surface area (Å²) in [5.41, 5.74) is 3.25. The highest BCUT2D eigenvalue weighted by Crippen LogP contribution is 2.30. The van der Waals surface area contributed by atoms with Crippen molar-refractivity contribution in [3.63, 3.8) is 0 Å². The third-order valence-electron chi connectivity index (χ3n) is 5.38. The van der Waals surface area contributed by atoms with Gasteiger partial charge in [0.1, 0.15) is 5.75 Å². The Hall–Kier alpha value is -2.93. The Kier molecular flexibility index (Phi) is 5.99. The molecule has 4 rings (SSSR count). The van der Waals surface area contributed by atoms with E-state index < -0.39 is 0 Å². The highest BCUT2D eigenvalue weighted by molar-refractivity contribution is 7.22. The van der Waals surface area contributed by atoms with Gasteiger partial charge in [-0.15, -0.1) is 0 Å². The van der Waals surface area contributed by atoms with E-state index in [4.69, 9.17) is 4.74 Å². The maximum absolute atomic E-state index is 12.7. The molecule has 1 N–H and O–H groups in total. The van der Waals surface area contributed by atoms with Gasteiger partial charge in [0, 0.05) is 19.0 Å². The Morgan fingerprint density at radius 1 is 1.17 bits per heavy atom. The van der Waals surface area contributed by atoms with Crippen LogP contribution in [0.2, 0.25) is 0 Å². The number of rotatable bonds is 5. The fraction of sp³-hybridized carbons (Fsp3) is 0.348. The number of amides is 2. The average Bonchev–Trinajstić information content (AvgIpc) is 3.15. The van der Waals surface area contributed by atoms with Crippen LogP contribution in [-0.2, 0) is 9.59 Å². The van der Waals surface area contributed by atoms with Crippen LogP contribution >= 0.6 is 11.3 Å². The van der Waals surface area contributed by atoms with Crippen molar-refractivity contribution in [2.45, 2.75) is 26.7 Å². The first-order valence-electron chi connectivity index (χ1n) is 10.1. The number of carbonyl (C=O) groups is 2. The second kappa shape index (κ2) is 8.83. The second-order valence-electron chi connectivity index (χ2n) is 7.69. The molecule has 0 atom stereocenters. The van der Waals surface area contributed by atoms with Crippen molar-refractivity contribution in [2.24, 2.45) is 5.92 Å². The number of anilines is 1. The molecule has 1 saturated heterocycles. The molecular weight excluding hydrogens is 398 g/mol. The molecule has 0 aliphatic carbocycles. The summed E-state index contributed by atoms with van der Waals surface area (Å²) >= 11 is 1.50. The molecule has 2 heterocycles. The Labute approximate surface area is 179 Å². The fourth-order valence-electron chi connectivity index (χ4n) is 3.78. The van der Waals surface area contributed by atoms with E-state index in [1.807, 2.05) is 37.3 Å². The molecule has 1 aliphatic rings. The van der Waals surface area contributed by atoms with Gasteiger partial charge in [-0.1, -0.05) is 35.6 Å². The van der Waals surface area contributed by atoms with Gasteiger partial charge in [-0.2, -0.15) is 0 Å². The first kappa shape index (κ1) is 20.3. The van der Waals surface area contributed by atoms with E-state index in [2.05, 4.69) is 29.4 Å². The molecule has 156 valence electrons. The highest BCUT2D eigenvalue weighted by atomic mass is 32.1. The van der Waals surface area contributed by atoms with Crippen LogP contribution in [0.3, 0.4) is 0 Å². The minimum atomic E-state index is -0.112. The number of ether oxygens (including phenoxy) is 1. The maximum atomic E-state index is 12.7. The zero-order chi connectivity index (χ0) is 21.1. The molecule has 6 nitrogen and oxygen atoms in total. The summed E-state index contributed by atoms with van der Waals surface area (Å²) in [6.07, 6.45) is 1.29. The minimum absolute atomic E-state index is 0.0175. The molecule has 0 bridgehead atoms. The van der Waals surface area contributed by atoms with Gasteiger partial charge in [0.25, 0.3) is 5.91 Å². The normalized spacial score (nSPS) is 14.7. The lowest BCUT2D eigenvalue weighted by atomic mass is 9.96. The van der Waals surface area contributed by atoms with Crippen LogP contribution < -0.4 is 10.1 Å². The number of carbonyl (C=O) groups excluding carboxylic acids is 2. The number of likely N-dealkylation sites (tertiary alicyclic amines) is 1. The topological polar surface area (TPSA) is 71.5 Å². The van der Waals surface area contributed by atoms with Gasteiger partial charge in [0.2, 0.25) is 5.91 Å². The molecule has 7 heteroatoms. The highest BCUT2D eigenvalue weighted by Gasteiger charge is 2.28. The van der Waals surface area contributed by atoms with Crippen LogP contribution in [0, 0.1) is 19.8 Å². The van der Waals surface area contributed by atoms with Crippen LogP contribution in [0.25, 0.3) is 10.2 Å². The van der Waals surface area contributed by atoms with E-state index in [-0.39, 0.29) is 24.3 Å². The quantitative estimate of drug-likeness (QED) is 0.669. The third kappa shape index (κ3) is 4.62. The van der Waals surface area contributed by atoms with Crippen molar-refractivity contribution < 1.29 is 14.3 Å². The predicted octanol–water partition coefficient (Wildman–Crippen LogP) is 4.17. The zero-order valence-corrected chi connectivity index (χ0v) is 18.0. The molecule has 0 spiro atoms. The van der Waals surface area contributed by atoms with Gasteiger partial charge in [-0.05, 0) is 56.0 Å². The Morgan fingerprint density at radius 2 is 1.90 bits per heavy atom. The molecule has 0 unspecified atom stereocenters. The van der Waals surface area contributed by atoms with E-state index in [9.17, 15) is 9.59 Å². The van der Waals surface area contributed by atoms with Crippen LogP contribution in [-0.4, -0.2) is 41.4 Å². The first-order valence-corrected chi connectivity index (χ1v) is 11.0. The molecule has 1 aromatic heterocycles. The van der Waals surface area contributed by atoms with Crippen molar-refractivity contribution in [1.82, 2.24) is 9.88 Å². The van der Waals surface area contributed by atoms with E-state index in [1.54, 1.807) is 4.90 Å². The summed E-state index contributed by atoms with van der Waals surface area (Å²) < 4.78 is 6.63. The van der Waals surface area contributed by atoms with E-state index in [1.165, 1.54) is 16.9 Å². The number of nitrogens with zero attached hydrogens (tertiary/aromatic N) is 2. The van der Waals surface area contributed by atoms with Gasteiger partial charge in [0.15, 0.2) is 11.7 Å². The number of aryl methyl sites for hydroxylation is 2. The smallest absolute Gasteiger partial charge is 0.260 e. The SMILES string of the molecule is Cc1cc(C)c2nc(NC(=O)C3CCN(C(=O)COc4ccccc4)CC3)sc2c1. The van der Waals surface area contributed by atoms with Crippen molar-refractivity contribution in [3.05, 3.63) is 53.6 Å². The van der Waals surface area contributed by atoms with Crippen LogP contribution in [0.4, 0.5) is 5.13 Å². The van der Waals surface area contributed by atoms with Crippen LogP contribution in [0.5, 0.6) is 5.75 Å². The molecule has 30 heavy (non-hydrogen) atoms.